The summed E-state index contributed by atoms with van der Waals surface area (Å²) in [7, 11) is 0. The van der Waals surface area contributed by atoms with Crippen LogP contribution in [0.2, 0.25) is 0 Å². The van der Waals surface area contributed by atoms with Crippen LogP contribution >= 0.6 is 0 Å². The normalized spacial score (nSPS) is 13.5. The third-order valence-electron chi connectivity index (χ3n) is 3.30. The molecular weight excluding hydrogens is 316 g/mol. The number of benzene rings is 2. The fourth-order valence-electron chi connectivity index (χ4n) is 2.00. The number of non-ortho nitro benzene ring substituents is 1. The van der Waals surface area contributed by atoms with Crippen LogP contribution in [0.15, 0.2) is 53.5 Å². The molecule has 0 bridgehead atoms. The van der Waals surface area contributed by atoms with E-state index in [0.717, 1.165) is 18.3 Å². The Morgan fingerprint density at radius 1 is 1.17 bits per heavy atom. The Labute approximate surface area is 136 Å². The molecule has 2 unspecified atom stereocenters. The Balaban J connectivity index is 2.25. The van der Waals surface area contributed by atoms with Crippen LogP contribution in [0.4, 0.5) is 5.69 Å². The van der Waals surface area contributed by atoms with Gasteiger partial charge in [0, 0.05) is 23.9 Å². The second-order valence-electron chi connectivity index (χ2n) is 4.89. The molecule has 8 nitrogen and oxygen atoms in total. The van der Waals surface area contributed by atoms with Gasteiger partial charge in [0.25, 0.3) is 5.69 Å². The molecule has 0 saturated heterocycles. The van der Waals surface area contributed by atoms with Gasteiger partial charge in [-0.1, -0.05) is 12.1 Å². The number of aliphatic hydroxyl groups is 1. The van der Waals surface area contributed by atoms with Crippen LogP contribution < -0.4 is 5.11 Å². The fraction of sp³-hybridized carbons (Fsp3) is 0.125. The summed E-state index contributed by atoms with van der Waals surface area (Å²) in [5, 5.41) is 41.6. The largest absolute Gasteiger partial charge is 0.548 e. The van der Waals surface area contributed by atoms with Crippen molar-refractivity contribution in [1.82, 2.24) is 0 Å². The Hall–Kier alpha value is -3.26. The van der Waals surface area contributed by atoms with Crippen molar-refractivity contribution in [3.05, 3.63) is 69.8 Å². The van der Waals surface area contributed by atoms with Crippen LogP contribution in [0.1, 0.15) is 17.2 Å². The smallest absolute Gasteiger partial charge is 0.269 e. The molecule has 2 rings (SSSR count). The van der Waals surface area contributed by atoms with Crippen molar-refractivity contribution in [2.24, 2.45) is 4.99 Å². The summed E-state index contributed by atoms with van der Waals surface area (Å²) < 4.78 is 0. The van der Waals surface area contributed by atoms with E-state index in [2.05, 4.69) is 4.99 Å². The van der Waals surface area contributed by atoms with Gasteiger partial charge < -0.3 is 20.1 Å². The minimum Gasteiger partial charge on any atom is -0.548 e. The van der Waals surface area contributed by atoms with Gasteiger partial charge in [0.15, 0.2) is 0 Å². The highest BCUT2D eigenvalue weighted by Gasteiger charge is 2.22. The van der Waals surface area contributed by atoms with Gasteiger partial charge in [-0.2, -0.15) is 0 Å². The molecule has 124 valence electrons. The molecule has 0 aliphatic rings. The molecule has 0 spiro atoms. The number of carbonyl (C=O) groups is 1. The number of nitrogens with zero attached hydrogens (tertiary/aromatic N) is 2. The van der Waals surface area contributed by atoms with Gasteiger partial charge in [-0.3, -0.25) is 15.1 Å². The van der Waals surface area contributed by atoms with Crippen molar-refractivity contribution in [3.8, 4) is 5.75 Å². The van der Waals surface area contributed by atoms with Crippen LogP contribution in [-0.2, 0) is 4.79 Å². The Morgan fingerprint density at radius 2 is 1.79 bits per heavy atom. The van der Waals surface area contributed by atoms with Crippen LogP contribution in [0.25, 0.3) is 0 Å². The number of para-hydroxylation sites is 1. The first-order chi connectivity index (χ1) is 11.4. The zero-order valence-corrected chi connectivity index (χ0v) is 12.3. The van der Waals surface area contributed by atoms with E-state index in [9.17, 15) is 30.2 Å². The molecular formula is C16H13N2O6-. The number of carboxylic acids is 1. The summed E-state index contributed by atoms with van der Waals surface area (Å²) in [5.74, 6) is -1.71. The molecule has 0 heterocycles. The average molecular weight is 329 g/mol. The lowest BCUT2D eigenvalue weighted by Crippen LogP contribution is -2.38. The van der Waals surface area contributed by atoms with E-state index in [1.807, 2.05) is 0 Å². The van der Waals surface area contributed by atoms with Crippen molar-refractivity contribution < 1.29 is 25.0 Å². The Bertz CT molecular complexity index is 772. The van der Waals surface area contributed by atoms with Gasteiger partial charge in [0.1, 0.15) is 17.9 Å². The predicted octanol–water partition coefficient (Wildman–Crippen LogP) is 0.571. The number of aliphatic carboxylic acids is 1. The van der Waals surface area contributed by atoms with Gasteiger partial charge in [-0.05, 0) is 29.8 Å². The van der Waals surface area contributed by atoms with E-state index in [-0.39, 0.29) is 22.6 Å². The second kappa shape index (κ2) is 7.34. The predicted molar refractivity (Wildman–Crippen MR) is 82.6 cm³/mol. The van der Waals surface area contributed by atoms with E-state index in [0.29, 0.717) is 0 Å². The van der Waals surface area contributed by atoms with Crippen molar-refractivity contribution in [2.45, 2.75) is 12.1 Å². The van der Waals surface area contributed by atoms with E-state index in [4.69, 9.17) is 0 Å². The molecule has 0 saturated carbocycles. The molecule has 0 amide bonds. The molecule has 0 aromatic heterocycles. The van der Waals surface area contributed by atoms with E-state index < -0.39 is 23.0 Å². The molecule has 0 fully saturated rings. The standard InChI is InChI=1S/C16H14N2O6/c19-13-4-2-1-3-11(13)9-17-14(16(21)22)15(20)10-5-7-12(8-6-10)18(23)24/h1-9,14-15,19-20H,(H,21,22)/p-1. The highest BCUT2D eigenvalue weighted by Crippen LogP contribution is 2.22. The highest BCUT2D eigenvalue weighted by atomic mass is 16.6. The Kier molecular flexibility index (Phi) is 5.23. The first-order valence-corrected chi connectivity index (χ1v) is 6.84. The van der Waals surface area contributed by atoms with Crippen molar-refractivity contribution >= 4 is 17.9 Å². The minimum atomic E-state index is -1.63. The average Bonchev–Trinajstić information content (AvgIpc) is 2.56. The fourth-order valence-corrected chi connectivity index (χ4v) is 2.00. The molecule has 2 aromatic rings. The molecule has 0 aliphatic carbocycles. The SMILES string of the molecule is O=C([O-])C(N=Cc1ccccc1O)C(O)c1ccc([N+](=O)[O-])cc1. The number of nitro groups is 1. The zero-order chi connectivity index (χ0) is 17.7. The number of carbonyl (C=O) groups excluding carboxylic acids is 1. The number of carboxylic acid groups (broad SMARTS) is 1. The summed E-state index contributed by atoms with van der Waals surface area (Å²) in [6.07, 6.45) is -0.442. The quantitative estimate of drug-likeness (QED) is 0.452. The molecule has 24 heavy (non-hydrogen) atoms. The summed E-state index contributed by atoms with van der Waals surface area (Å²) in [4.78, 5) is 25.0. The van der Waals surface area contributed by atoms with Gasteiger partial charge in [0.05, 0.1) is 10.9 Å². The molecule has 0 radical (unpaired) electrons. The molecule has 0 aliphatic heterocycles. The van der Waals surface area contributed by atoms with Crippen LogP contribution in [-0.4, -0.2) is 33.4 Å². The molecule has 2 N–H and O–H groups in total. The summed E-state index contributed by atoms with van der Waals surface area (Å²) in [6, 6.07) is 9.30. The summed E-state index contributed by atoms with van der Waals surface area (Å²) >= 11 is 0. The summed E-state index contributed by atoms with van der Waals surface area (Å²) in [6.45, 7) is 0. The van der Waals surface area contributed by atoms with Crippen LogP contribution in [0.3, 0.4) is 0 Å². The third kappa shape index (κ3) is 3.93. The third-order valence-corrected chi connectivity index (χ3v) is 3.30. The number of hydrogen-bond acceptors (Lipinski definition) is 7. The second-order valence-corrected chi connectivity index (χ2v) is 4.89. The van der Waals surface area contributed by atoms with Gasteiger partial charge in [-0.15, -0.1) is 0 Å². The Morgan fingerprint density at radius 3 is 2.33 bits per heavy atom. The maximum Gasteiger partial charge on any atom is 0.269 e. The lowest BCUT2D eigenvalue weighted by molar-refractivity contribution is -0.384. The van der Waals surface area contributed by atoms with Crippen molar-refractivity contribution in [1.29, 1.82) is 0 Å². The zero-order valence-electron chi connectivity index (χ0n) is 12.3. The van der Waals surface area contributed by atoms with Gasteiger partial charge in [0.2, 0.25) is 0 Å². The number of aliphatic imine (C=N–C) groups is 1. The molecule has 2 atom stereocenters. The maximum atomic E-state index is 11.2. The number of aromatic hydroxyl groups is 1. The monoisotopic (exact) mass is 329 g/mol. The topological polar surface area (TPSA) is 136 Å². The van der Waals surface area contributed by atoms with Crippen molar-refractivity contribution in [3.63, 3.8) is 0 Å². The van der Waals surface area contributed by atoms with E-state index in [1.54, 1.807) is 12.1 Å². The van der Waals surface area contributed by atoms with E-state index >= 15 is 0 Å². The van der Waals surface area contributed by atoms with Crippen molar-refractivity contribution in [2.75, 3.05) is 0 Å². The minimum absolute atomic E-state index is 0.0943. The maximum absolute atomic E-state index is 11.2. The number of phenolic OH excluding ortho intramolecular Hbond substituents is 1. The number of nitro benzene ring substituents is 1. The number of aliphatic hydroxyl groups excluding tert-OH is 1. The number of phenols is 1. The van der Waals surface area contributed by atoms with Gasteiger partial charge >= 0.3 is 0 Å². The number of rotatable bonds is 6. The number of hydrogen-bond donors (Lipinski definition) is 2. The first kappa shape index (κ1) is 17.1. The van der Waals surface area contributed by atoms with Crippen LogP contribution in [0, 0.1) is 10.1 Å². The van der Waals surface area contributed by atoms with Crippen LogP contribution in [0.5, 0.6) is 5.75 Å². The lowest BCUT2D eigenvalue weighted by atomic mass is 10.0. The highest BCUT2D eigenvalue weighted by molar-refractivity contribution is 5.85. The van der Waals surface area contributed by atoms with Gasteiger partial charge in [-0.25, -0.2) is 0 Å². The molecule has 8 heteroatoms. The van der Waals surface area contributed by atoms with E-state index in [1.165, 1.54) is 24.3 Å². The first-order valence-electron chi connectivity index (χ1n) is 6.84. The molecule has 2 aromatic carbocycles. The lowest BCUT2D eigenvalue weighted by Gasteiger charge is -2.20. The summed E-state index contributed by atoms with van der Waals surface area (Å²) in [5.41, 5.74) is 0.234.